The summed E-state index contributed by atoms with van der Waals surface area (Å²) in [5.41, 5.74) is 1.52. The van der Waals surface area contributed by atoms with Gasteiger partial charge in [0.25, 0.3) is 0 Å². The summed E-state index contributed by atoms with van der Waals surface area (Å²) in [6.45, 7) is 1.84. The first-order valence-electron chi connectivity index (χ1n) is 3.44. The van der Waals surface area contributed by atoms with Crippen molar-refractivity contribution in [1.82, 2.24) is 5.32 Å². The summed E-state index contributed by atoms with van der Waals surface area (Å²) in [5.74, 6) is -0.261. The molecule has 0 fully saturated rings. The summed E-state index contributed by atoms with van der Waals surface area (Å²) < 4.78 is 0. The van der Waals surface area contributed by atoms with Crippen LogP contribution in [0.25, 0.3) is 0 Å². The van der Waals surface area contributed by atoms with Crippen LogP contribution in [0.4, 0.5) is 4.79 Å². The molecule has 4 nitrogen and oxygen atoms in total. The van der Waals surface area contributed by atoms with Crippen molar-refractivity contribution in [2.24, 2.45) is 4.99 Å². The number of urea groups is 1. The molecule has 2 rings (SSSR count). The van der Waals surface area contributed by atoms with Crippen LogP contribution in [-0.2, 0) is 4.79 Å². The van der Waals surface area contributed by atoms with Crippen LogP contribution >= 0.6 is 11.8 Å². The number of aliphatic imine (C=N–C) groups is 1. The van der Waals surface area contributed by atoms with E-state index >= 15 is 0 Å². The first kappa shape index (κ1) is 7.54. The molecule has 0 saturated carbocycles. The fraction of sp³-hybridized carbons (Fsp3) is 0.286. The van der Waals surface area contributed by atoms with E-state index in [1.165, 1.54) is 11.8 Å². The Hall–Kier alpha value is -1.10. The van der Waals surface area contributed by atoms with E-state index < -0.39 is 6.03 Å². The van der Waals surface area contributed by atoms with Crippen LogP contribution in [0.1, 0.15) is 6.92 Å². The minimum Gasteiger partial charge on any atom is -0.275 e. The average molecular weight is 182 g/mol. The Balaban J connectivity index is 2.43. The molecule has 0 bridgehead atoms. The van der Waals surface area contributed by atoms with Gasteiger partial charge < -0.3 is 0 Å². The molecule has 2 aliphatic rings. The number of amides is 3. The second-order valence-corrected chi connectivity index (χ2v) is 3.59. The number of carbonyl (C=O) groups is 2. The van der Waals surface area contributed by atoms with Crippen molar-refractivity contribution in [2.45, 2.75) is 12.2 Å². The topological polar surface area (TPSA) is 58.5 Å². The van der Waals surface area contributed by atoms with E-state index in [2.05, 4.69) is 10.3 Å². The van der Waals surface area contributed by atoms with E-state index in [4.69, 9.17) is 0 Å². The molecule has 12 heavy (non-hydrogen) atoms. The Morgan fingerprint density at radius 3 is 3.08 bits per heavy atom. The fourth-order valence-corrected chi connectivity index (χ4v) is 2.15. The van der Waals surface area contributed by atoms with Gasteiger partial charge in [-0.25, -0.2) is 4.79 Å². The second-order valence-electron chi connectivity index (χ2n) is 2.61. The van der Waals surface area contributed by atoms with Gasteiger partial charge in [0.05, 0.1) is 5.71 Å². The second kappa shape index (κ2) is 2.45. The zero-order valence-corrected chi connectivity index (χ0v) is 7.14. The monoisotopic (exact) mass is 182 g/mol. The molecule has 0 unspecified atom stereocenters. The average Bonchev–Trinajstić information content (AvgIpc) is 2.33. The van der Waals surface area contributed by atoms with E-state index in [1.54, 1.807) is 0 Å². The molecule has 0 saturated heterocycles. The number of thioether (sulfide) groups is 1. The number of rotatable bonds is 0. The van der Waals surface area contributed by atoms with Gasteiger partial charge in [0.2, 0.25) is 5.91 Å². The van der Waals surface area contributed by atoms with Gasteiger partial charge in [-0.1, -0.05) is 0 Å². The molecular formula is C7H6N2O2S. The van der Waals surface area contributed by atoms with Crippen molar-refractivity contribution in [3.05, 3.63) is 11.0 Å². The van der Waals surface area contributed by atoms with Gasteiger partial charge in [0.1, 0.15) is 5.25 Å². The van der Waals surface area contributed by atoms with Crippen molar-refractivity contribution in [3.63, 3.8) is 0 Å². The van der Waals surface area contributed by atoms with Crippen molar-refractivity contribution < 1.29 is 9.59 Å². The molecule has 5 heteroatoms. The maximum Gasteiger partial charge on any atom is 0.347 e. The lowest BCUT2D eigenvalue weighted by molar-refractivity contribution is -0.118. The molecule has 2 heterocycles. The van der Waals surface area contributed by atoms with Crippen LogP contribution in [0.15, 0.2) is 16.0 Å². The number of nitrogens with one attached hydrogen (secondary N) is 1. The van der Waals surface area contributed by atoms with Gasteiger partial charge >= 0.3 is 6.03 Å². The molecular weight excluding hydrogens is 176 g/mol. The summed E-state index contributed by atoms with van der Waals surface area (Å²) in [6, 6.07) is -0.554. The smallest absolute Gasteiger partial charge is 0.275 e. The third-order valence-electron chi connectivity index (χ3n) is 1.72. The highest BCUT2D eigenvalue weighted by atomic mass is 32.2. The lowest BCUT2D eigenvalue weighted by atomic mass is 10.1. The van der Waals surface area contributed by atoms with Crippen molar-refractivity contribution in [3.8, 4) is 0 Å². The van der Waals surface area contributed by atoms with E-state index in [0.29, 0.717) is 5.71 Å². The third kappa shape index (κ3) is 0.972. The van der Waals surface area contributed by atoms with E-state index in [0.717, 1.165) is 5.57 Å². The van der Waals surface area contributed by atoms with Crippen LogP contribution in [0, 0.1) is 0 Å². The Labute approximate surface area is 73.1 Å². The van der Waals surface area contributed by atoms with Crippen molar-refractivity contribution in [1.29, 1.82) is 0 Å². The van der Waals surface area contributed by atoms with Gasteiger partial charge in [-0.2, -0.15) is 4.99 Å². The lowest BCUT2D eigenvalue weighted by Gasteiger charge is -2.14. The predicted octanol–water partition coefficient (Wildman–Crippen LogP) is 0.696. The number of allylic oxidation sites excluding steroid dienone is 1. The largest absolute Gasteiger partial charge is 0.347 e. The molecule has 0 aromatic carbocycles. The fourth-order valence-electron chi connectivity index (χ4n) is 1.14. The van der Waals surface area contributed by atoms with Crippen LogP contribution in [0.2, 0.25) is 0 Å². The Kier molecular flexibility index (Phi) is 1.54. The zero-order valence-electron chi connectivity index (χ0n) is 6.33. The zero-order chi connectivity index (χ0) is 8.72. The standard InChI is InChI=1S/C7H6N2O2S/c1-3-2-12-5-4(3)8-7(11)9-6(5)10/h2,5H,1H3,(H,9,10,11)/t5-/m1/s1. The highest BCUT2D eigenvalue weighted by molar-refractivity contribution is 8.04. The maximum atomic E-state index is 11.2. The Morgan fingerprint density at radius 1 is 1.58 bits per heavy atom. The van der Waals surface area contributed by atoms with Crippen LogP contribution < -0.4 is 5.32 Å². The molecule has 1 atom stereocenters. The Morgan fingerprint density at radius 2 is 2.33 bits per heavy atom. The van der Waals surface area contributed by atoms with Gasteiger partial charge in [-0.15, -0.1) is 11.8 Å². The predicted molar refractivity (Wildman–Crippen MR) is 46.1 cm³/mol. The van der Waals surface area contributed by atoms with Crippen LogP contribution in [-0.4, -0.2) is 22.9 Å². The van der Waals surface area contributed by atoms with Gasteiger partial charge in [0, 0.05) is 0 Å². The first-order chi connectivity index (χ1) is 5.68. The maximum absolute atomic E-state index is 11.2. The molecule has 0 aromatic heterocycles. The minimum absolute atomic E-state index is 0.261. The SMILES string of the molecule is CC1=CS[C@H]2C(=O)NC(=O)N=C12. The normalized spacial score (nSPS) is 27.6. The lowest BCUT2D eigenvalue weighted by Crippen LogP contribution is -2.43. The van der Waals surface area contributed by atoms with E-state index in [1.807, 2.05) is 12.3 Å². The van der Waals surface area contributed by atoms with Gasteiger partial charge in [0.15, 0.2) is 0 Å². The van der Waals surface area contributed by atoms with Crippen LogP contribution in [0.5, 0.6) is 0 Å². The molecule has 3 amide bonds. The van der Waals surface area contributed by atoms with Crippen molar-refractivity contribution in [2.75, 3.05) is 0 Å². The summed E-state index contributed by atoms with van der Waals surface area (Å²) in [6.07, 6.45) is 0. The highest BCUT2D eigenvalue weighted by Gasteiger charge is 2.34. The minimum atomic E-state index is -0.554. The first-order valence-corrected chi connectivity index (χ1v) is 4.39. The molecule has 0 aromatic rings. The number of carbonyl (C=O) groups excluding carboxylic acids is 2. The molecule has 62 valence electrons. The Bertz CT molecular complexity index is 332. The van der Waals surface area contributed by atoms with Gasteiger partial charge in [-0.05, 0) is 17.9 Å². The number of nitrogens with zero attached hydrogens (tertiary/aromatic N) is 1. The number of hydrogen-bond acceptors (Lipinski definition) is 3. The molecule has 0 aliphatic carbocycles. The molecule has 1 N–H and O–H groups in total. The number of imide groups is 1. The molecule has 0 spiro atoms. The quantitative estimate of drug-likeness (QED) is 0.599. The number of fused-ring (bicyclic) bond motifs is 1. The third-order valence-corrected chi connectivity index (χ3v) is 2.92. The molecule has 0 radical (unpaired) electrons. The molecule has 2 aliphatic heterocycles. The summed E-state index contributed by atoms with van der Waals surface area (Å²) in [7, 11) is 0. The summed E-state index contributed by atoms with van der Waals surface area (Å²) >= 11 is 1.39. The highest BCUT2D eigenvalue weighted by Crippen LogP contribution is 2.29. The van der Waals surface area contributed by atoms with Crippen LogP contribution in [0.3, 0.4) is 0 Å². The van der Waals surface area contributed by atoms with Gasteiger partial charge in [-0.3, -0.25) is 10.1 Å². The summed E-state index contributed by atoms with van der Waals surface area (Å²) in [5, 5.41) is 3.70. The van der Waals surface area contributed by atoms with E-state index in [9.17, 15) is 9.59 Å². The number of hydrogen-bond donors (Lipinski definition) is 1. The van der Waals surface area contributed by atoms with E-state index in [-0.39, 0.29) is 11.2 Å². The van der Waals surface area contributed by atoms with Crippen molar-refractivity contribution >= 4 is 29.4 Å². The summed E-state index contributed by atoms with van der Waals surface area (Å²) in [4.78, 5) is 25.7.